The van der Waals surface area contributed by atoms with Crippen LogP contribution >= 0.6 is 23.5 Å². The monoisotopic (exact) mass is 1220 g/mol. The fraction of sp³-hybridized carbons (Fsp3) is 0.513. The second-order valence-corrected chi connectivity index (χ2v) is 22.7. The summed E-state index contributed by atoms with van der Waals surface area (Å²) in [4.78, 5) is 86.1. The number of aliphatic hydroxyl groups excluding tert-OH is 6. The third-order valence-electron chi connectivity index (χ3n) is 13.4. The van der Waals surface area contributed by atoms with Crippen molar-refractivity contribution in [3.63, 3.8) is 0 Å². The molecular formula is C39H48N17O23P3. The molecule has 4 aliphatic rings. The van der Waals surface area contributed by atoms with Crippen LogP contribution in [0.15, 0.2) is 61.2 Å². The number of nitrogens with zero attached hydrogens (tertiary/aromatic N) is 14. The maximum Gasteiger partial charge on any atom is 0.472 e. The van der Waals surface area contributed by atoms with Gasteiger partial charge in [-0.2, -0.15) is 4.98 Å². The van der Waals surface area contributed by atoms with Crippen molar-refractivity contribution in [1.29, 1.82) is 0 Å². The maximum atomic E-state index is 14.0. The minimum Gasteiger partial charge on any atom is -0.394 e. The molecular weight excluding hydrogens is 1170 g/mol. The number of rotatable bonds is 20. The molecule has 11 rings (SSSR count). The molecule has 3 unspecified atom stereocenters. The largest absolute Gasteiger partial charge is 0.472 e. The first-order chi connectivity index (χ1) is 39.0. The van der Waals surface area contributed by atoms with Gasteiger partial charge in [0.1, 0.15) is 115 Å². The van der Waals surface area contributed by atoms with Crippen LogP contribution in [0.2, 0.25) is 0 Å². The first-order valence-electron chi connectivity index (χ1n) is 24.0. The van der Waals surface area contributed by atoms with Crippen molar-refractivity contribution in [2.75, 3.05) is 43.6 Å². The highest BCUT2D eigenvalue weighted by Gasteiger charge is 2.55. The topological polar surface area (TPSA) is 569 Å². The molecule has 0 aromatic carbocycles. The van der Waals surface area contributed by atoms with Gasteiger partial charge in [0.2, 0.25) is 0 Å². The molecule has 15 N–H and O–H groups in total. The van der Waals surface area contributed by atoms with Crippen LogP contribution in [-0.4, -0.2) is 213 Å². The lowest BCUT2D eigenvalue weighted by Gasteiger charge is -2.26. The van der Waals surface area contributed by atoms with Gasteiger partial charge < -0.3 is 81.5 Å². The average Bonchev–Trinajstić information content (AvgIpc) is 4.53. The fourth-order valence-electron chi connectivity index (χ4n) is 9.51. The molecule has 11 heterocycles. The molecule has 7 aromatic rings. The zero-order chi connectivity index (χ0) is 58.2. The number of imidazole rings is 3. The highest BCUT2D eigenvalue weighted by molar-refractivity contribution is 7.48. The Bertz CT molecular complexity index is 3700. The molecule has 4 saturated heterocycles. The van der Waals surface area contributed by atoms with E-state index in [1.807, 2.05) is 0 Å². The van der Waals surface area contributed by atoms with Gasteiger partial charge in [-0.3, -0.25) is 45.4 Å². The number of anilines is 3. The van der Waals surface area contributed by atoms with Gasteiger partial charge in [-0.1, -0.05) is 0 Å². The van der Waals surface area contributed by atoms with Gasteiger partial charge in [-0.15, -0.1) is 0 Å². The lowest BCUT2D eigenvalue weighted by Crippen LogP contribution is -2.39. The Morgan fingerprint density at radius 1 is 0.524 bits per heavy atom. The van der Waals surface area contributed by atoms with Gasteiger partial charge in [0.05, 0.1) is 51.6 Å². The molecule has 0 aliphatic carbocycles. The number of fused-ring (bicyclic) bond motifs is 3. The van der Waals surface area contributed by atoms with E-state index in [2.05, 4.69) is 49.8 Å². The SMILES string of the molecule is Nc1ccn([C@@H]2O[C@H](COP(=O)(O)O[C@H]3[C@@H](O)[C@H](n4cnc5cncnc54)O[C@@H]3CO)[C@@H](OP(=O)(O)OC[C@H]3O[C@@H](n4cnc5c(N)ncnc54)[C@H](O)[C@@H]3OP(=O)(O)OC[C@H]3O[C@@H](n4cnc5c(N)ncnc54)[C@H](O)[C@@H]3O)[C@H]2O)c(=O)n1. The number of phosphoric acid groups is 3. The van der Waals surface area contributed by atoms with Crippen LogP contribution in [0, 0.1) is 0 Å². The molecule has 43 heteroatoms. The predicted molar refractivity (Wildman–Crippen MR) is 262 cm³/mol. The van der Waals surface area contributed by atoms with E-state index in [0.29, 0.717) is 10.1 Å². The van der Waals surface area contributed by atoms with E-state index < -0.39 is 154 Å². The van der Waals surface area contributed by atoms with E-state index in [1.165, 1.54) is 34.3 Å². The fourth-order valence-corrected chi connectivity index (χ4v) is 12.4. The number of hydrogen-bond acceptors (Lipinski definition) is 33. The number of ether oxygens (including phenoxy) is 4. The van der Waals surface area contributed by atoms with E-state index in [-0.39, 0.29) is 45.4 Å². The minimum absolute atomic E-state index is 0.000624. The van der Waals surface area contributed by atoms with Gasteiger partial charge >= 0.3 is 29.2 Å². The van der Waals surface area contributed by atoms with Crippen molar-refractivity contribution in [3.05, 3.63) is 66.9 Å². The molecule has 4 aliphatic heterocycles. The number of aromatic nitrogens is 14. The van der Waals surface area contributed by atoms with Gasteiger partial charge in [0.15, 0.2) is 53.5 Å². The highest BCUT2D eigenvalue weighted by Crippen LogP contribution is 2.54. The van der Waals surface area contributed by atoms with E-state index in [1.54, 1.807) is 0 Å². The Kier molecular flexibility index (Phi) is 15.8. The molecule has 40 nitrogen and oxygen atoms in total. The summed E-state index contributed by atoms with van der Waals surface area (Å²) in [6.07, 6.45) is -19.1. The van der Waals surface area contributed by atoms with Crippen molar-refractivity contribution in [3.8, 4) is 0 Å². The number of nitrogen functional groups attached to an aromatic ring is 3. The molecule has 0 amide bonds. The number of nitrogens with two attached hydrogens (primary N) is 3. The van der Waals surface area contributed by atoms with Gasteiger partial charge in [-0.05, 0) is 6.07 Å². The van der Waals surface area contributed by atoms with Gasteiger partial charge in [0.25, 0.3) is 0 Å². The van der Waals surface area contributed by atoms with Crippen molar-refractivity contribution in [2.24, 2.45) is 0 Å². The molecule has 82 heavy (non-hydrogen) atoms. The Balaban J connectivity index is 0.798. The van der Waals surface area contributed by atoms with E-state index >= 15 is 0 Å². The summed E-state index contributed by atoms with van der Waals surface area (Å²) >= 11 is 0. The molecule has 0 bridgehead atoms. The molecule has 4 fully saturated rings. The zero-order valence-electron chi connectivity index (χ0n) is 41.3. The first kappa shape index (κ1) is 57.7. The van der Waals surface area contributed by atoms with Crippen LogP contribution in [0.1, 0.15) is 24.9 Å². The van der Waals surface area contributed by atoms with E-state index in [9.17, 15) is 63.8 Å². The molecule has 442 valence electrons. The van der Waals surface area contributed by atoms with Crippen LogP contribution in [0.25, 0.3) is 33.5 Å². The summed E-state index contributed by atoms with van der Waals surface area (Å²) in [5.74, 6) is -0.357. The van der Waals surface area contributed by atoms with Crippen LogP contribution in [0.5, 0.6) is 0 Å². The van der Waals surface area contributed by atoms with Crippen LogP contribution < -0.4 is 22.9 Å². The Hall–Kier alpha value is -6.14. The molecule has 0 radical (unpaired) electrons. The van der Waals surface area contributed by atoms with Crippen LogP contribution in [0.3, 0.4) is 0 Å². The molecule has 7 aromatic heterocycles. The normalized spacial score (nSPS) is 32.6. The summed E-state index contributed by atoms with van der Waals surface area (Å²) in [6, 6.07) is 1.13. The summed E-state index contributed by atoms with van der Waals surface area (Å²) in [5.41, 5.74) is 17.1. The van der Waals surface area contributed by atoms with Crippen LogP contribution in [0.4, 0.5) is 17.5 Å². The number of hydrogen-bond donors (Lipinski definition) is 12. The van der Waals surface area contributed by atoms with E-state index in [0.717, 1.165) is 35.8 Å². The number of aliphatic hydroxyl groups is 6. The van der Waals surface area contributed by atoms with Crippen molar-refractivity contribution >= 4 is 74.4 Å². The van der Waals surface area contributed by atoms with E-state index in [4.69, 9.17) is 63.3 Å². The van der Waals surface area contributed by atoms with Gasteiger partial charge in [-0.25, -0.2) is 63.3 Å². The highest BCUT2D eigenvalue weighted by atomic mass is 31.2. The quantitative estimate of drug-likeness (QED) is 0.0320. The third-order valence-corrected chi connectivity index (χ3v) is 16.3. The van der Waals surface area contributed by atoms with Crippen molar-refractivity contribution in [1.82, 2.24) is 68.1 Å². The zero-order valence-corrected chi connectivity index (χ0v) is 44.0. The van der Waals surface area contributed by atoms with Crippen LogP contribution in [-0.2, 0) is 59.8 Å². The summed E-state index contributed by atoms with van der Waals surface area (Å²) < 4.78 is 101. The number of phosphoric ester groups is 3. The van der Waals surface area contributed by atoms with Crippen molar-refractivity contribution in [2.45, 2.75) is 98.2 Å². The molecule has 19 atom stereocenters. The standard InChI is InChI=1S/C39H48N17O23P3/c40-19-1-2-53(39(63)52-19)36-25(61)28(17(75-36)6-71-81(66,67)77-27-15(4-57)73-37(24(27)60)54-11-49-14-3-43-8-46-32(14)54)78-82(68,69)72-7-18-29(26(62)38(76-18)56-13-51-21-31(42)45-10-48-34(21)56)79-80(64,65)70-5-16-22(58)23(59)35(74-16)55-12-50-20-30(41)44-9-47-33(20)55/h1-3,8-13,15-18,22-29,35-38,57-62H,4-7H2,(H,64,65)(H,66,67)(H,68,69)(H2,40,52,63)(H2,41,44,47)(H2,42,45,48)/t15-,16-,17-,18-,22-,23-,24-,25-,26-,27-,28-,29-,35-,36-,37-,38-/m1/s1. The maximum absolute atomic E-state index is 14.0. The smallest absolute Gasteiger partial charge is 0.394 e. The summed E-state index contributed by atoms with van der Waals surface area (Å²) in [6.45, 7) is -4.15. The predicted octanol–water partition coefficient (Wildman–Crippen LogP) is -4.60. The lowest BCUT2D eigenvalue weighted by molar-refractivity contribution is -0.0642. The minimum atomic E-state index is -5.67. The molecule has 0 spiro atoms. The van der Waals surface area contributed by atoms with Gasteiger partial charge in [0, 0.05) is 6.20 Å². The average molecular weight is 1220 g/mol. The third kappa shape index (κ3) is 11.1. The summed E-state index contributed by atoms with van der Waals surface area (Å²) in [5, 5.41) is 66.6. The first-order valence-corrected chi connectivity index (χ1v) is 28.4. The second-order valence-electron chi connectivity index (χ2n) is 18.5. The lowest BCUT2D eigenvalue weighted by atomic mass is 10.1. The Labute approximate surface area is 455 Å². The Morgan fingerprint density at radius 2 is 0.951 bits per heavy atom. The summed E-state index contributed by atoms with van der Waals surface area (Å²) in [7, 11) is -16.6. The van der Waals surface area contributed by atoms with Crippen molar-refractivity contribution < 1.29 is 105 Å². The Morgan fingerprint density at radius 3 is 1.46 bits per heavy atom. The second kappa shape index (κ2) is 22.5. The molecule has 0 saturated carbocycles.